The van der Waals surface area contributed by atoms with Crippen LogP contribution < -0.4 is 88.2 Å². The molecule has 0 aliphatic carbocycles. The van der Waals surface area contributed by atoms with Gasteiger partial charge in [0, 0.05) is 24.3 Å². The number of hydrogen-bond acceptors (Lipinski definition) is 16. The number of amides is 4. The Hall–Kier alpha value is 0.460. The second-order valence-electron chi connectivity index (χ2n) is 6.50. The van der Waals surface area contributed by atoms with Crippen LogP contribution in [0.5, 0.6) is 0 Å². The van der Waals surface area contributed by atoms with E-state index in [0.717, 1.165) is 34.1 Å². The van der Waals surface area contributed by atoms with Crippen LogP contribution in [0.25, 0.3) is 0 Å². The van der Waals surface area contributed by atoms with Crippen molar-refractivity contribution in [1.29, 1.82) is 0 Å². The molecular formula is C16H24N6Na2O8S4. The van der Waals surface area contributed by atoms with E-state index < -0.39 is 47.7 Å². The number of rotatable bonds is 8. The van der Waals surface area contributed by atoms with E-state index in [4.69, 9.17) is 0 Å². The van der Waals surface area contributed by atoms with E-state index in [1.54, 1.807) is 0 Å². The molecule has 36 heavy (non-hydrogen) atoms. The fraction of sp³-hybridized carbons (Fsp3) is 0.625. The van der Waals surface area contributed by atoms with E-state index in [0.29, 0.717) is 0 Å². The number of carbonyl (C=O) groups excluding carboxylic acids is 6. The zero-order chi connectivity index (χ0) is 25.7. The van der Waals surface area contributed by atoms with Gasteiger partial charge in [-0.25, -0.2) is 18.9 Å². The molecule has 0 unspecified atom stereocenters. The average molecular weight is 603 g/mol. The maximum Gasteiger partial charge on any atom is 1.00 e. The quantitative estimate of drug-likeness (QED) is 0.0661. The van der Waals surface area contributed by atoms with Crippen LogP contribution in [0.15, 0.2) is 0 Å². The van der Waals surface area contributed by atoms with Crippen molar-refractivity contribution < 1.29 is 98.1 Å². The molecule has 0 bridgehead atoms. The van der Waals surface area contributed by atoms with Crippen molar-refractivity contribution in [3.05, 3.63) is 0 Å². The van der Waals surface area contributed by atoms with Gasteiger partial charge < -0.3 is 19.8 Å². The van der Waals surface area contributed by atoms with Crippen molar-refractivity contribution in [2.24, 2.45) is 0 Å². The standard InChI is InChI=1S/2C8H13N3O4S2.2Na/c2*12-6-3-9-17-10-4-7(13)11(6)5(1-2-16)8(14)15;;/h2*5,9-10,16H,1-4H2,(H,14,15);;/q;;2*+1/p-2/t2*5-;;/m00../s1. The summed E-state index contributed by atoms with van der Waals surface area (Å²) in [6.45, 7) is -0.501. The molecule has 2 heterocycles. The van der Waals surface area contributed by atoms with Gasteiger partial charge in [-0.2, -0.15) is 25.3 Å². The van der Waals surface area contributed by atoms with Gasteiger partial charge in [-0.15, -0.1) is 0 Å². The summed E-state index contributed by atoms with van der Waals surface area (Å²) in [5.41, 5.74) is 0. The summed E-state index contributed by atoms with van der Waals surface area (Å²) in [5.74, 6) is -4.75. The van der Waals surface area contributed by atoms with Gasteiger partial charge in [0.1, 0.15) is 0 Å². The molecule has 192 valence electrons. The number of nitrogens with zero attached hydrogens (tertiary/aromatic N) is 2. The van der Waals surface area contributed by atoms with Gasteiger partial charge in [0.05, 0.1) is 50.2 Å². The number of imide groups is 2. The van der Waals surface area contributed by atoms with Gasteiger partial charge in [0.25, 0.3) is 0 Å². The Morgan fingerprint density at radius 2 is 0.944 bits per heavy atom. The molecule has 2 fully saturated rings. The molecule has 0 aromatic rings. The third-order valence-corrected chi connectivity index (χ3v) is 5.90. The Balaban J connectivity index is 0. The molecule has 2 atom stereocenters. The summed E-state index contributed by atoms with van der Waals surface area (Å²) in [4.78, 5) is 70.1. The molecule has 0 spiro atoms. The van der Waals surface area contributed by atoms with E-state index in [-0.39, 0.29) is 110 Å². The monoisotopic (exact) mass is 602 g/mol. The summed E-state index contributed by atoms with van der Waals surface area (Å²) in [7, 11) is 0. The Morgan fingerprint density at radius 3 is 1.14 bits per heavy atom. The zero-order valence-corrected chi connectivity index (χ0v) is 27.1. The minimum atomic E-state index is -1.45. The van der Waals surface area contributed by atoms with Gasteiger partial charge in [-0.05, 0) is 24.3 Å². The number of thiol groups is 2. The molecule has 0 aromatic carbocycles. The van der Waals surface area contributed by atoms with Gasteiger partial charge >= 0.3 is 59.1 Å². The minimum absolute atomic E-state index is 0. The van der Waals surface area contributed by atoms with Gasteiger partial charge in [-0.3, -0.25) is 29.0 Å². The van der Waals surface area contributed by atoms with E-state index >= 15 is 0 Å². The third kappa shape index (κ3) is 13.0. The molecule has 2 aliphatic heterocycles. The first-order valence-corrected chi connectivity index (χ1v) is 12.6. The van der Waals surface area contributed by atoms with Gasteiger partial charge in [0.15, 0.2) is 0 Å². The Kier molecular flexibility index (Phi) is 22.8. The van der Waals surface area contributed by atoms with E-state index in [2.05, 4.69) is 44.1 Å². The predicted octanol–water partition coefficient (Wildman–Crippen LogP) is -10.9. The molecule has 2 saturated heterocycles. The number of carboxylic acid groups (broad SMARTS) is 2. The molecule has 0 saturated carbocycles. The van der Waals surface area contributed by atoms with Crippen molar-refractivity contribution in [2.45, 2.75) is 24.9 Å². The smallest absolute Gasteiger partial charge is 0.548 e. The third-order valence-electron chi connectivity index (χ3n) is 4.23. The Labute approximate surface area is 271 Å². The Morgan fingerprint density at radius 1 is 0.694 bits per heavy atom. The van der Waals surface area contributed by atoms with Crippen LogP contribution in [0.2, 0.25) is 0 Å². The van der Waals surface area contributed by atoms with Crippen LogP contribution in [0.1, 0.15) is 12.8 Å². The van der Waals surface area contributed by atoms with Crippen LogP contribution in [-0.2, 0) is 28.8 Å². The molecule has 20 heteroatoms. The molecule has 4 N–H and O–H groups in total. The molecule has 2 rings (SSSR count). The molecule has 14 nitrogen and oxygen atoms in total. The molecule has 2 aliphatic rings. The maximum absolute atomic E-state index is 11.7. The molecule has 0 aromatic heterocycles. The Bertz CT molecular complexity index is 689. The van der Waals surface area contributed by atoms with Crippen LogP contribution >= 0.6 is 49.5 Å². The van der Waals surface area contributed by atoms with Crippen molar-refractivity contribution in [2.75, 3.05) is 37.7 Å². The number of carboxylic acids is 2. The maximum atomic E-state index is 11.7. The first-order chi connectivity index (χ1) is 16.1. The minimum Gasteiger partial charge on any atom is -0.548 e. The van der Waals surface area contributed by atoms with Crippen molar-refractivity contribution in [1.82, 2.24) is 28.7 Å². The second kappa shape index (κ2) is 21.3. The number of aliphatic carboxylic acids is 2. The number of nitrogens with one attached hydrogen (secondary N) is 4. The number of carbonyl (C=O) groups is 6. The summed E-state index contributed by atoms with van der Waals surface area (Å²) in [5, 5.41) is 21.9. The van der Waals surface area contributed by atoms with Crippen molar-refractivity contribution in [3.63, 3.8) is 0 Å². The predicted molar refractivity (Wildman–Crippen MR) is 125 cm³/mol. The molecule has 4 amide bonds. The fourth-order valence-corrected chi connectivity index (χ4v) is 4.23. The molecule has 0 radical (unpaired) electrons. The van der Waals surface area contributed by atoms with E-state index in [1.165, 1.54) is 0 Å². The normalized spacial score (nSPS) is 18.6. The summed E-state index contributed by atoms with van der Waals surface area (Å²) in [6, 6.07) is -2.53. The summed E-state index contributed by atoms with van der Waals surface area (Å²) in [6.07, 6.45) is 0.131. The largest absolute Gasteiger partial charge is 1.00 e. The SMILES string of the molecule is O=C([O-])[C@H](CCS)N1C(=O)CNSNCC1=O.O=C([O-])[C@H](CCS)N1C(=O)CNSNCC1=O.[Na+].[Na+]. The van der Waals surface area contributed by atoms with E-state index in [9.17, 15) is 39.0 Å². The van der Waals surface area contributed by atoms with Crippen molar-refractivity contribution >= 4 is 85.1 Å². The zero-order valence-electron chi connectivity index (χ0n) is 19.7. The first-order valence-electron chi connectivity index (χ1n) is 9.72. The van der Waals surface area contributed by atoms with Gasteiger partial charge in [-0.1, -0.05) is 0 Å². The van der Waals surface area contributed by atoms with Crippen LogP contribution in [0.4, 0.5) is 0 Å². The molecular weight excluding hydrogens is 578 g/mol. The summed E-state index contributed by atoms with van der Waals surface area (Å²) < 4.78 is 10.6. The second-order valence-corrected chi connectivity index (χ2v) is 8.96. The first kappa shape index (κ1) is 38.6. The topological polar surface area (TPSA) is 203 Å². The van der Waals surface area contributed by atoms with Gasteiger partial charge in [0.2, 0.25) is 23.6 Å². The van der Waals surface area contributed by atoms with E-state index in [1.807, 2.05) is 0 Å². The summed E-state index contributed by atoms with van der Waals surface area (Å²) >= 11 is 9.86. The van der Waals surface area contributed by atoms with Crippen molar-refractivity contribution in [3.8, 4) is 0 Å². The fourth-order valence-electron chi connectivity index (χ4n) is 2.76. The number of hydrogen-bond donors (Lipinski definition) is 6. The van der Waals surface area contributed by atoms with Crippen LogP contribution in [0.3, 0.4) is 0 Å². The van der Waals surface area contributed by atoms with Crippen LogP contribution in [0, 0.1) is 0 Å². The van der Waals surface area contributed by atoms with Crippen LogP contribution in [-0.4, -0.2) is 95.1 Å². The average Bonchev–Trinajstić information content (AvgIpc) is 2.76.